The molecule has 0 rings (SSSR count). The Morgan fingerprint density at radius 1 is 1.60 bits per heavy atom. The molecule has 0 heterocycles. The molecule has 0 spiro atoms. The van der Waals surface area contributed by atoms with Gasteiger partial charge in [-0.05, 0) is 32.6 Å². The molecule has 0 N–H and O–H groups in total. The molecule has 0 bridgehead atoms. The van der Waals surface area contributed by atoms with Crippen LogP contribution in [0.4, 0.5) is 0 Å². The lowest BCUT2D eigenvalue weighted by Crippen LogP contribution is -1.94. The van der Waals surface area contributed by atoms with Crippen molar-refractivity contribution in [1.29, 1.82) is 0 Å². The van der Waals surface area contributed by atoms with Crippen LogP contribution >= 0.6 is 0 Å². The molecule has 58 valence electrons. The Hall–Kier alpha value is -0.520. The van der Waals surface area contributed by atoms with E-state index in [2.05, 4.69) is 33.4 Å². The fraction of sp³-hybridized carbons (Fsp3) is 0.600. The first-order valence-electron chi connectivity index (χ1n) is 3.96. The van der Waals surface area contributed by atoms with Crippen molar-refractivity contribution < 1.29 is 0 Å². The monoisotopic (exact) mass is 138 g/mol. The highest BCUT2D eigenvalue weighted by atomic mass is 14.1. The third kappa shape index (κ3) is 3.49. The zero-order valence-corrected chi connectivity index (χ0v) is 7.35. The van der Waals surface area contributed by atoms with Crippen LogP contribution in [0.5, 0.6) is 0 Å². The summed E-state index contributed by atoms with van der Waals surface area (Å²) in [5.74, 6) is 0.725. The lowest BCUT2D eigenvalue weighted by atomic mass is 9.97. The lowest BCUT2D eigenvalue weighted by Gasteiger charge is -2.09. The third-order valence-electron chi connectivity index (χ3n) is 2.04. The Morgan fingerprint density at radius 2 is 2.20 bits per heavy atom. The van der Waals surface area contributed by atoms with Crippen LogP contribution in [0.25, 0.3) is 0 Å². The summed E-state index contributed by atoms with van der Waals surface area (Å²) in [6.07, 6.45) is 6.54. The molecule has 0 aromatic rings. The fourth-order valence-electron chi connectivity index (χ4n) is 0.880. The van der Waals surface area contributed by atoms with Gasteiger partial charge in [-0.3, -0.25) is 0 Å². The van der Waals surface area contributed by atoms with Gasteiger partial charge >= 0.3 is 0 Å². The summed E-state index contributed by atoms with van der Waals surface area (Å²) in [4.78, 5) is 0. The van der Waals surface area contributed by atoms with Crippen LogP contribution in [-0.4, -0.2) is 0 Å². The largest absolute Gasteiger partial charge is 0.103 e. The predicted molar refractivity (Wildman–Crippen MR) is 48.0 cm³/mol. The van der Waals surface area contributed by atoms with E-state index in [4.69, 9.17) is 0 Å². The summed E-state index contributed by atoms with van der Waals surface area (Å²) >= 11 is 0. The van der Waals surface area contributed by atoms with Crippen LogP contribution in [0.1, 0.15) is 33.6 Å². The molecule has 0 aliphatic carbocycles. The molecule has 0 saturated carbocycles. The first kappa shape index (κ1) is 9.48. The van der Waals surface area contributed by atoms with Gasteiger partial charge in [-0.15, -0.1) is 6.58 Å². The molecular weight excluding hydrogens is 120 g/mol. The summed E-state index contributed by atoms with van der Waals surface area (Å²) in [7, 11) is 0. The highest BCUT2D eigenvalue weighted by Crippen LogP contribution is 2.15. The topological polar surface area (TPSA) is 0 Å². The maximum Gasteiger partial charge on any atom is -0.0232 e. The summed E-state index contributed by atoms with van der Waals surface area (Å²) in [6.45, 7) is 10.2. The van der Waals surface area contributed by atoms with Crippen LogP contribution in [0, 0.1) is 5.92 Å². The molecule has 1 atom stereocenters. The van der Waals surface area contributed by atoms with Gasteiger partial charge in [0.25, 0.3) is 0 Å². The van der Waals surface area contributed by atoms with Gasteiger partial charge in [-0.1, -0.05) is 24.6 Å². The maximum absolute atomic E-state index is 3.70. The second kappa shape index (κ2) is 5.28. The number of rotatable bonds is 4. The predicted octanol–water partition coefficient (Wildman–Crippen LogP) is 3.55. The molecule has 0 saturated heterocycles. The van der Waals surface area contributed by atoms with E-state index in [9.17, 15) is 0 Å². The van der Waals surface area contributed by atoms with E-state index in [0.29, 0.717) is 0 Å². The lowest BCUT2D eigenvalue weighted by molar-refractivity contribution is 0.621. The van der Waals surface area contributed by atoms with Crippen molar-refractivity contribution in [3.63, 3.8) is 0 Å². The van der Waals surface area contributed by atoms with E-state index in [1.807, 2.05) is 6.08 Å². The van der Waals surface area contributed by atoms with E-state index in [1.165, 1.54) is 12.0 Å². The SMILES string of the molecule is C=CCCC(C)C(C)=CC. The summed E-state index contributed by atoms with van der Waals surface area (Å²) in [6, 6.07) is 0. The standard InChI is InChI=1S/C10H18/c1-5-7-8-10(4)9(3)6-2/h5-6,10H,1,7-8H2,2-4H3. The van der Waals surface area contributed by atoms with Gasteiger partial charge in [0.15, 0.2) is 0 Å². The van der Waals surface area contributed by atoms with E-state index in [1.54, 1.807) is 0 Å². The van der Waals surface area contributed by atoms with Crippen molar-refractivity contribution in [2.45, 2.75) is 33.6 Å². The summed E-state index contributed by atoms with van der Waals surface area (Å²) in [5.41, 5.74) is 1.49. The highest BCUT2D eigenvalue weighted by molar-refractivity contribution is 5.00. The first-order valence-corrected chi connectivity index (χ1v) is 3.96. The molecule has 0 radical (unpaired) electrons. The zero-order chi connectivity index (χ0) is 7.98. The van der Waals surface area contributed by atoms with Gasteiger partial charge < -0.3 is 0 Å². The minimum absolute atomic E-state index is 0.725. The Kier molecular flexibility index (Phi) is 5.00. The molecule has 0 aliphatic heterocycles. The van der Waals surface area contributed by atoms with Crippen molar-refractivity contribution in [1.82, 2.24) is 0 Å². The molecule has 0 aromatic carbocycles. The second-order valence-corrected chi connectivity index (χ2v) is 2.80. The summed E-state index contributed by atoms with van der Waals surface area (Å²) < 4.78 is 0. The second-order valence-electron chi connectivity index (χ2n) is 2.80. The molecule has 0 aliphatic rings. The van der Waals surface area contributed by atoms with E-state index in [-0.39, 0.29) is 0 Å². The maximum atomic E-state index is 3.70. The molecule has 10 heavy (non-hydrogen) atoms. The van der Waals surface area contributed by atoms with Gasteiger partial charge in [0.1, 0.15) is 0 Å². The van der Waals surface area contributed by atoms with Crippen molar-refractivity contribution in [3.05, 3.63) is 24.3 Å². The minimum atomic E-state index is 0.725. The van der Waals surface area contributed by atoms with Crippen LogP contribution in [0.3, 0.4) is 0 Å². The van der Waals surface area contributed by atoms with Crippen LogP contribution in [0.15, 0.2) is 24.3 Å². The number of hydrogen-bond acceptors (Lipinski definition) is 0. The van der Waals surface area contributed by atoms with Crippen molar-refractivity contribution >= 4 is 0 Å². The number of allylic oxidation sites excluding steroid dienone is 3. The van der Waals surface area contributed by atoms with Crippen LogP contribution in [0.2, 0.25) is 0 Å². The number of hydrogen-bond donors (Lipinski definition) is 0. The van der Waals surface area contributed by atoms with Gasteiger partial charge in [-0.25, -0.2) is 0 Å². The first-order chi connectivity index (χ1) is 4.72. The van der Waals surface area contributed by atoms with Gasteiger partial charge in [0, 0.05) is 0 Å². The van der Waals surface area contributed by atoms with Crippen molar-refractivity contribution in [2.24, 2.45) is 5.92 Å². The van der Waals surface area contributed by atoms with Crippen LogP contribution < -0.4 is 0 Å². The summed E-state index contributed by atoms with van der Waals surface area (Å²) in [5, 5.41) is 0. The molecule has 0 aromatic heterocycles. The molecule has 0 heteroatoms. The highest BCUT2D eigenvalue weighted by Gasteiger charge is 2.00. The van der Waals surface area contributed by atoms with E-state index >= 15 is 0 Å². The molecule has 1 unspecified atom stereocenters. The molecule has 0 fully saturated rings. The Bertz CT molecular complexity index is 120. The Labute approximate surface area is 64.6 Å². The smallest absolute Gasteiger partial charge is 0.0232 e. The minimum Gasteiger partial charge on any atom is -0.103 e. The van der Waals surface area contributed by atoms with Gasteiger partial charge in [0.2, 0.25) is 0 Å². The fourth-order valence-corrected chi connectivity index (χ4v) is 0.880. The van der Waals surface area contributed by atoms with Crippen LogP contribution in [-0.2, 0) is 0 Å². The van der Waals surface area contributed by atoms with E-state index in [0.717, 1.165) is 12.3 Å². The Balaban J connectivity index is 3.61. The molecule has 0 nitrogen and oxygen atoms in total. The normalized spacial score (nSPS) is 14.9. The van der Waals surface area contributed by atoms with Crippen molar-refractivity contribution in [3.8, 4) is 0 Å². The Morgan fingerprint density at radius 3 is 2.60 bits per heavy atom. The third-order valence-corrected chi connectivity index (χ3v) is 2.04. The quantitative estimate of drug-likeness (QED) is 0.521. The molecular formula is C10H18. The van der Waals surface area contributed by atoms with Crippen molar-refractivity contribution in [2.75, 3.05) is 0 Å². The zero-order valence-electron chi connectivity index (χ0n) is 7.35. The molecule has 0 amide bonds. The van der Waals surface area contributed by atoms with Gasteiger partial charge in [0.05, 0.1) is 0 Å². The van der Waals surface area contributed by atoms with Gasteiger partial charge in [-0.2, -0.15) is 0 Å². The average molecular weight is 138 g/mol. The average Bonchev–Trinajstić information content (AvgIpc) is 1.98. The van der Waals surface area contributed by atoms with E-state index < -0.39 is 0 Å².